The molecule has 2 N–H and O–H groups in total. The SMILES string of the molecule is CC/C=C\C(O)C/C=C/C=C\C/C=C\C/C=C\CCCC(=O)O. The van der Waals surface area contributed by atoms with E-state index in [4.69, 9.17) is 5.11 Å². The number of allylic oxidation sites excluding steroid dienone is 8. The standard InChI is InChI=1S/C20H30O3/c1-2-3-16-19(21)17-14-12-10-8-6-4-5-7-9-11-13-15-18-20(22)23/h3-5,8-12,14,16,19,21H,2,6-7,13,15,17-18H2,1H3,(H,22,23)/b5-4-,10-8-,11-9-,14-12+,16-3-. The van der Waals surface area contributed by atoms with E-state index in [0.29, 0.717) is 12.8 Å². The fourth-order valence-corrected chi connectivity index (χ4v) is 1.76. The predicted octanol–water partition coefficient (Wildman–Crippen LogP) is 4.96. The van der Waals surface area contributed by atoms with Crippen LogP contribution in [0.3, 0.4) is 0 Å². The van der Waals surface area contributed by atoms with Gasteiger partial charge in [0.05, 0.1) is 6.10 Å². The van der Waals surface area contributed by atoms with Crippen molar-refractivity contribution in [3.05, 3.63) is 60.8 Å². The van der Waals surface area contributed by atoms with Gasteiger partial charge in [0.1, 0.15) is 0 Å². The van der Waals surface area contributed by atoms with E-state index < -0.39 is 5.97 Å². The highest BCUT2D eigenvalue weighted by Gasteiger charge is 1.93. The summed E-state index contributed by atoms with van der Waals surface area (Å²) >= 11 is 0. The van der Waals surface area contributed by atoms with Gasteiger partial charge in [-0.05, 0) is 38.5 Å². The van der Waals surface area contributed by atoms with Crippen LogP contribution in [0, 0.1) is 0 Å². The van der Waals surface area contributed by atoms with E-state index >= 15 is 0 Å². The fourth-order valence-electron chi connectivity index (χ4n) is 1.76. The first-order chi connectivity index (χ1) is 11.2. The lowest BCUT2D eigenvalue weighted by molar-refractivity contribution is -0.137. The second-order valence-electron chi connectivity index (χ2n) is 5.20. The average molecular weight is 318 g/mol. The molecule has 0 aromatic rings. The Bertz CT molecular complexity index is 428. The molecule has 0 saturated carbocycles. The fraction of sp³-hybridized carbons (Fsp3) is 0.450. The lowest BCUT2D eigenvalue weighted by Gasteiger charge is -1.98. The Balaban J connectivity index is 3.60. The van der Waals surface area contributed by atoms with Crippen molar-refractivity contribution in [2.75, 3.05) is 0 Å². The Morgan fingerprint density at radius 3 is 2.30 bits per heavy atom. The molecule has 3 heteroatoms. The minimum Gasteiger partial charge on any atom is -0.481 e. The topological polar surface area (TPSA) is 57.5 Å². The van der Waals surface area contributed by atoms with E-state index in [9.17, 15) is 9.90 Å². The molecule has 0 aromatic carbocycles. The van der Waals surface area contributed by atoms with Crippen LogP contribution in [0.1, 0.15) is 51.9 Å². The third-order valence-corrected chi connectivity index (χ3v) is 2.99. The van der Waals surface area contributed by atoms with E-state index in [1.807, 2.05) is 43.4 Å². The molecule has 128 valence electrons. The molecule has 23 heavy (non-hydrogen) atoms. The Hall–Kier alpha value is -1.87. The van der Waals surface area contributed by atoms with Gasteiger partial charge in [0, 0.05) is 6.42 Å². The summed E-state index contributed by atoms with van der Waals surface area (Å²) in [6.07, 6.45) is 24.8. The van der Waals surface area contributed by atoms with Gasteiger partial charge in [-0.3, -0.25) is 4.79 Å². The first-order valence-electron chi connectivity index (χ1n) is 8.35. The number of hydrogen-bond donors (Lipinski definition) is 2. The summed E-state index contributed by atoms with van der Waals surface area (Å²) in [4.78, 5) is 10.3. The zero-order chi connectivity index (χ0) is 17.2. The third kappa shape index (κ3) is 18.1. The van der Waals surface area contributed by atoms with Crippen molar-refractivity contribution in [3.63, 3.8) is 0 Å². The van der Waals surface area contributed by atoms with E-state index in [-0.39, 0.29) is 12.5 Å². The van der Waals surface area contributed by atoms with Crippen LogP contribution in [0.15, 0.2) is 60.8 Å². The van der Waals surface area contributed by atoms with E-state index in [1.54, 1.807) is 0 Å². The number of rotatable bonds is 13. The molecule has 0 saturated heterocycles. The van der Waals surface area contributed by atoms with Crippen molar-refractivity contribution in [1.29, 1.82) is 0 Å². The third-order valence-electron chi connectivity index (χ3n) is 2.99. The molecule has 3 nitrogen and oxygen atoms in total. The minimum absolute atomic E-state index is 0.240. The molecule has 0 heterocycles. The van der Waals surface area contributed by atoms with Crippen molar-refractivity contribution in [1.82, 2.24) is 0 Å². The lowest BCUT2D eigenvalue weighted by Crippen LogP contribution is -1.98. The molecule has 0 aliphatic heterocycles. The number of aliphatic hydroxyl groups is 1. The van der Waals surface area contributed by atoms with Crippen LogP contribution in [-0.4, -0.2) is 22.3 Å². The van der Waals surface area contributed by atoms with Crippen molar-refractivity contribution in [2.24, 2.45) is 0 Å². The van der Waals surface area contributed by atoms with Gasteiger partial charge in [0.2, 0.25) is 0 Å². The maximum Gasteiger partial charge on any atom is 0.303 e. The van der Waals surface area contributed by atoms with Gasteiger partial charge in [0.15, 0.2) is 0 Å². The van der Waals surface area contributed by atoms with Gasteiger partial charge in [0.25, 0.3) is 0 Å². The Kier molecular flexibility index (Phi) is 15.2. The monoisotopic (exact) mass is 318 g/mol. The number of carboxylic acids is 1. The van der Waals surface area contributed by atoms with Crippen molar-refractivity contribution in [2.45, 2.75) is 58.0 Å². The van der Waals surface area contributed by atoms with Crippen LogP contribution in [0.5, 0.6) is 0 Å². The lowest BCUT2D eigenvalue weighted by atomic mass is 10.2. The summed E-state index contributed by atoms with van der Waals surface area (Å²) < 4.78 is 0. The Labute approximate surface area is 140 Å². The molecule has 0 aromatic heterocycles. The smallest absolute Gasteiger partial charge is 0.303 e. The molecule has 0 rings (SSSR count). The highest BCUT2D eigenvalue weighted by Crippen LogP contribution is 1.99. The maximum atomic E-state index is 10.3. The van der Waals surface area contributed by atoms with Gasteiger partial charge in [-0.25, -0.2) is 0 Å². The summed E-state index contributed by atoms with van der Waals surface area (Å²) in [5.41, 5.74) is 0. The highest BCUT2D eigenvalue weighted by molar-refractivity contribution is 5.66. The first-order valence-corrected chi connectivity index (χ1v) is 8.35. The van der Waals surface area contributed by atoms with Crippen molar-refractivity contribution >= 4 is 5.97 Å². The summed E-state index contributed by atoms with van der Waals surface area (Å²) in [5.74, 6) is -0.730. The molecule has 0 bridgehead atoms. The Morgan fingerprint density at radius 1 is 0.957 bits per heavy atom. The average Bonchev–Trinajstić information content (AvgIpc) is 2.52. The number of aliphatic hydroxyl groups excluding tert-OH is 1. The van der Waals surface area contributed by atoms with Crippen LogP contribution in [0.2, 0.25) is 0 Å². The molecular formula is C20H30O3. The first kappa shape index (κ1) is 21.1. The van der Waals surface area contributed by atoms with Gasteiger partial charge >= 0.3 is 5.97 Å². The molecule has 0 radical (unpaired) electrons. The van der Waals surface area contributed by atoms with Gasteiger partial charge in [-0.2, -0.15) is 0 Å². The largest absolute Gasteiger partial charge is 0.481 e. The molecule has 1 unspecified atom stereocenters. The maximum absolute atomic E-state index is 10.3. The molecule has 0 spiro atoms. The normalized spacial score (nSPS) is 14.2. The minimum atomic E-state index is -0.730. The Morgan fingerprint density at radius 2 is 1.61 bits per heavy atom. The van der Waals surface area contributed by atoms with Crippen LogP contribution >= 0.6 is 0 Å². The van der Waals surface area contributed by atoms with Gasteiger partial charge in [-0.15, -0.1) is 0 Å². The van der Waals surface area contributed by atoms with Crippen LogP contribution in [-0.2, 0) is 4.79 Å². The number of carboxylic acid groups (broad SMARTS) is 1. The second-order valence-corrected chi connectivity index (χ2v) is 5.20. The number of unbranched alkanes of at least 4 members (excludes halogenated alkanes) is 1. The van der Waals surface area contributed by atoms with Crippen LogP contribution in [0.4, 0.5) is 0 Å². The molecule has 0 fully saturated rings. The number of aliphatic carboxylic acids is 1. The second kappa shape index (κ2) is 16.5. The van der Waals surface area contributed by atoms with Crippen molar-refractivity contribution in [3.8, 4) is 0 Å². The molecule has 0 aliphatic carbocycles. The molecule has 1 atom stereocenters. The van der Waals surface area contributed by atoms with Gasteiger partial charge in [-0.1, -0.05) is 67.7 Å². The summed E-state index contributed by atoms with van der Waals surface area (Å²) in [5, 5.41) is 18.1. The summed E-state index contributed by atoms with van der Waals surface area (Å²) in [7, 11) is 0. The molecular weight excluding hydrogens is 288 g/mol. The van der Waals surface area contributed by atoms with E-state index in [0.717, 1.165) is 25.7 Å². The molecule has 0 aliphatic rings. The molecule has 0 amide bonds. The zero-order valence-corrected chi connectivity index (χ0v) is 14.1. The zero-order valence-electron chi connectivity index (χ0n) is 14.1. The number of hydrogen-bond acceptors (Lipinski definition) is 2. The summed E-state index contributed by atoms with van der Waals surface area (Å²) in [6, 6.07) is 0. The van der Waals surface area contributed by atoms with Crippen LogP contribution < -0.4 is 0 Å². The van der Waals surface area contributed by atoms with Crippen LogP contribution in [0.25, 0.3) is 0 Å². The van der Waals surface area contributed by atoms with Crippen molar-refractivity contribution < 1.29 is 15.0 Å². The predicted molar refractivity (Wildman–Crippen MR) is 97.3 cm³/mol. The summed E-state index contributed by atoms with van der Waals surface area (Å²) in [6.45, 7) is 2.05. The van der Waals surface area contributed by atoms with Gasteiger partial charge < -0.3 is 10.2 Å². The quantitative estimate of drug-likeness (QED) is 0.286. The van der Waals surface area contributed by atoms with E-state index in [1.165, 1.54) is 0 Å². The highest BCUT2D eigenvalue weighted by atomic mass is 16.4. The number of carbonyl (C=O) groups is 1. The van der Waals surface area contributed by atoms with E-state index in [2.05, 4.69) is 24.3 Å².